The summed E-state index contributed by atoms with van der Waals surface area (Å²) in [6, 6.07) is 2.04. The number of fused-ring (bicyclic) bond motifs is 1. The van der Waals surface area contributed by atoms with Gasteiger partial charge in [-0.2, -0.15) is 0 Å². The summed E-state index contributed by atoms with van der Waals surface area (Å²) < 4.78 is 6.04. The number of nitrogens with zero attached hydrogens (tertiary/aromatic N) is 3. The number of aromatic nitrogens is 3. The third-order valence-electron chi connectivity index (χ3n) is 3.78. The Morgan fingerprint density at radius 2 is 2.00 bits per heavy atom. The van der Waals surface area contributed by atoms with E-state index in [1.165, 1.54) is 0 Å². The average Bonchev–Trinajstić information content (AvgIpc) is 2.94. The fourth-order valence-corrected chi connectivity index (χ4v) is 2.66. The Morgan fingerprint density at radius 1 is 1.26 bits per heavy atom. The molecule has 2 unspecified atom stereocenters. The normalized spacial score (nSPS) is 24.0. The van der Waals surface area contributed by atoms with Crippen LogP contribution in [0.2, 0.25) is 0 Å². The Kier molecular flexibility index (Phi) is 3.38. The fourth-order valence-electron chi connectivity index (χ4n) is 2.66. The molecule has 0 aromatic carbocycles. The minimum Gasteiger partial charge on any atom is -0.371 e. The van der Waals surface area contributed by atoms with Gasteiger partial charge in [-0.05, 0) is 18.9 Å². The first-order valence-corrected chi connectivity index (χ1v) is 7.00. The Bertz CT molecular complexity index is 541. The van der Waals surface area contributed by atoms with Crippen molar-refractivity contribution in [1.29, 1.82) is 0 Å². The van der Waals surface area contributed by atoms with Crippen LogP contribution in [0.15, 0.2) is 18.6 Å². The van der Waals surface area contributed by atoms with E-state index in [1.807, 2.05) is 12.3 Å². The molecule has 0 bridgehead atoms. The van der Waals surface area contributed by atoms with Crippen molar-refractivity contribution in [3.8, 4) is 0 Å². The molecule has 0 aliphatic carbocycles. The summed E-state index contributed by atoms with van der Waals surface area (Å²) in [6.07, 6.45) is 6.21. The van der Waals surface area contributed by atoms with Gasteiger partial charge in [0.2, 0.25) is 0 Å². The maximum absolute atomic E-state index is 6.04. The van der Waals surface area contributed by atoms with Gasteiger partial charge in [0, 0.05) is 19.3 Å². The lowest BCUT2D eigenvalue weighted by Gasteiger charge is -2.38. The summed E-state index contributed by atoms with van der Waals surface area (Å²) in [5.41, 5.74) is 0.901. The number of H-pyrrole nitrogens is 1. The van der Waals surface area contributed by atoms with Crippen molar-refractivity contribution < 1.29 is 4.74 Å². The zero-order valence-corrected chi connectivity index (χ0v) is 11.5. The Hall–Kier alpha value is -1.62. The number of nitrogens with one attached hydrogen (secondary N) is 1. The van der Waals surface area contributed by atoms with Crippen molar-refractivity contribution in [2.75, 3.05) is 18.0 Å². The molecule has 3 rings (SSSR count). The number of anilines is 1. The van der Waals surface area contributed by atoms with Gasteiger partial charge < -0.3 is 14.6 Å². The smallest absolute Gasteiger partial charge is 0.142 e. The molecule has 1 aliphatic rings. The van der Waals surface area contributed by atoms with Crippen molar-refractivity contribution >= 4 is 16.9 Å². The van der Waals surface area contributed by atoms with Crippen molar-refractivity contribution in [3.63, 3.8) is 0 Å². The molecular weight excluding hydrogens is 240 g/mol. The van der Waals surface area contributed by atoms with Gasteiger partial charge >= 0.3 is 0 Å². The second-order valence-corrected chi connectivity index (χ2v) is 5.04. The Morgan fingerprint density at radius 3 is 2.68 bits per heavy atom. The first kappa shape index (κ1) is 12.4. The van der Waals surface area contributed by atoms with Crippen LogP contribution >= 0.6 is 0 Å². The van der Waals surface area contributed by atoms with E-state index in [9.17, 15) is 0 Å². The second kappa shape index (κ2) is 5.17. The van der Waals surface area contributed by atoms with Gasteiger partial charge in [0.25, 0.3) is 0 Å². The van der Waals surface area contributed by atoms with Crippen molar-refractivity contribution in [2.45, 2.75) is 38.9 Å². The molecule has 102 valence electrons. The highest BCUT2D eigenvalue weighted by Crippen LogP contribution is 2.26. The molecule has 0 spiro atoms. The Balaban J connectivity index is 1.93. The summed E-state index contributed by atoms with van der Waals surface area (Å²) >= 11 is 0. The minimum atomic E-state index is 0.294. The lowest BCUT2D eigenvalue weighted by molar-refractivity contribution is -0.0286. The highest BCUT2D eigenvalue weighted by atomic mass is 16.5. The van der Waals surface area contributed by atoms with Crippen LogP contribution in [0.1, 0.15) is 26.7 Å². The number of hydrogen-bond acceptors (Lipinski definition) is 4. The molecule has 0 radical (unpaired) electrons. The quantitative estimate of drug-likeness (QED) is 0.920. The predicted molar refractivity (Wildman–Crippen MR) is 75.3 cm³/mol. The predicted octanol–water partition coefficient (Wildman–Crippen LogP) is 2.35. The number of hydrogen-bond donors (Lipinski definition) is 1. The van der Waals surface area contributed by atoms with Crippen LogP contribution in [0.25, 0.3) is 11.0 Å². The third-order valence-corrected chi connectivity index (χ3v) is 3.78. The Labute approximate surface area is 113 Å². The van der Waals surface area contributed by atoms with E-state index in [0.29, 0.717) is 12.2 Å². The van der Waals surface area contributed by atoms with Gasteiger partial charge in [0.15, 0.2) is 0 Å². The van der Waals surface area contributed by atoms with E-state index >= 15 is 0 Å². The third kappa shape index (κ3) is 2.30. The topological polar surface area (TPSA) is 54.0 Å². The molecule has 3 heterocycles. The molecule has 0 saturated carbocycles. The largest absolute Gasteiger partial charge is 0.371 e. The van der Waals surface area contributed by atoms with Gasteiger partial charge in [-0.3, -0.25) is 0 Å². The summed E-state index contributed by atoms with van der Waals surface area (Å²) in [5, 5.41) is 1.09. The molecule has 19 heavy (non-hydrogen) atoms. The number of aromatic amines is 1. The minimum absolute atomic E-state index is 0.294. The van der Waals surface area contributed by atoms with E-state index in [2.05, 4.69) is 33.7 Å². The highest BCUT2D eigenvalue weighted by molar-refractivity contribution is 5.87. The maximum atomic E-state index is 6.04. The van der Waals surface area contributed by atoms with Crippen LogP contribution in [0, 0.1) is 0 Å². The monoisotopic (exact) mass is 260 g/mol. The number of morpholine rings is 1. The van der Waals surface area contributed by atoms with Gasteiger partial charge in [-0.25, -0.2) is 9.97 Å². The molecule has 2 aromatic heterocycles. The zero-order valence-electron chi connectivity index (χ0n) is 11.5. The second-order valence-electron chi connectivity index (χ2n) is 5.04. The number of rotatable bonds is 3. The molecule has 2 atom stereocenters. The first-order valence-electron chi connectivity index (χ1n) is 7.00. The van der Waals surface area contributed by atoms with E-state index in [4.69, 9.17) is 4.74 Å². The molecule has 5 nitrogen and oxygen atoms in total. The van der Waals surface area contributed by atoms with Crippen LogP contribution in [0.4, 0.5) is 5.82 Å². The van der Waals surface area contributed by atoms with E-state index in [1.54, 1.807) is 6.33 Å². The molecule has 1 aliphatic heterocycles. The van der Waals surface area contributed by atoms with Crippen LogP contribution in [0.5, 0.6) is 0 Å². The zero-order chi connectivity index (χ0) is 13.2. The molecule has 0 amide bonds. The van der Waals surface area contributed by atoms with Crippen molar-refractivity contribution in [2.24, 2.45) is 0 Å². The summed E-state index contributed by atoms with van der Waals surface area (Å²) in [6.45, 7) is 6.16. The average molecular weight is 260 g/mol. The fraction of sp³-hybridized carbons (Fsp3) is 0.571. The van der Waals surface area contributed by atoms with Crippen LogP contribution in [-0.4, -0.2) is 40.2 Å². The lowest BCUT2D eigenvalue weighted by atomic mass is 10.1. The van der Waals surface area contributed by atoms with Crippen LogP contribution in [-0.2, 0) is 4.74 Å². The first-order chi connectivity index (χ1) is 9.31. The van der Waals surface area contributed by atoms with E-state index in [0.717, 1.165) is 42.8 Å². The molecule has 1 N–H and O–H groups in total. The SMILES string of the molecule is CCC1CN(c2ncnc3[nH]ccc23)CC(CC)O1. The molecule has 1 saturated heterocycles. The standard InChI is InChI=1S/C14H20N4O/c1-3-10-7-18(8-11(4-2)19-10)14-12-5-6-15-13(12)16-9-17-14/h5-6,9-11H,3-4,7-8H2,1-2H3,(H,15,16,17). The lowest BCUT2D eigenvalue weighted by Crippen LogP contribution is -2.47. The molecule has 2 aromatic rings. The summed E-state index contributed by atoms with van der Waals surface area (Å²) in [5.74, 6) is 1.02. The molecule has 1 fully saturated rings. The van der Waals surface area contributed by atoms with Gasteiger partial charge in [-0.1, -0.05) is 13.8 Å². The molecule has 5 heteroatoms. The van der Waals surface area contributed by atoms with Crippen molar-refractivity contribution in [3.05, 3.63) is 18.6 Å². The summed E-state index contributed by atoms with van der Waals surface area (Å²) in [4.78, 5) is 14.2. The molecular formula is C14H20N4O. The maximum Gasteiger partial charge on any atom is 0.142 e. The number of ether oxygens (including phenoxy) is 1. The van der Waals surface area contributed by atoms with Crippen LogP contribution < -0.4 is 4.90 Å². The highest BCUT2D eigenvalue weighted by Gasteiger charge is 2.27. The van der Waals surface area contributed by atoms with E-state index in [-0.39, 0.29) is 0 Å². The van der Waals surface area contributed by atoms with Gasteiger partial charge in [-0.15, -0.1) is 0 Å². The van der Waals surface area contributed by atoms with Crippen molar-refractivity contribution in [1.82, 2.24) is 15.0 Å². The summed E-state index contributed by atoms with van der Waals surface area (Å²) in [7, 11) is 0. The van der Waals surface area contributed by atoms with E-state index < -0.39 is 0 Å². The van der Waals surface area contributed by atoms with Gasteiger partial charge in [0.1, 0.15) is 17.8 Å². The van der Waals surface area contributed by atoms with Crippen LogP contribution in [0.3, 0.4) is 0 Å². The van der Waals surface area contributed by atoms with Gasteiger partial charge in [0.05, 0.1) is 17.6 Å².